The molecule has 1 N–H and O–H groups in total. The van der Waals surface area contributed by atoms with Crippen LogP contribution in [0.5, 0.6) is 0 Å². The van der Waals surface area contributed by atoms with Crippen molar-refractivity contribution < 1.29 is 5.02 Å². The highest BCUT2D eigenvalue weighted by Gasteiger charge is 2.04. The van der Waals surface area contributed by atoms with E-state index >= 15 is 0 Å². The van der Waals surface area contributed by atoms with Crippen molar-refractivity contribution in [1.82, 2.24) is 4.57 Å². The number of aryl methyl sites for hydroxylation is 1. The molecule has 2 aromatic rings. The summed E-state index contributed by atoms with van der Waals surface area (Å²) in [6, 6.07) is 10.1. The summed E-state index contributed by atoms with van der Waals surface area (Å²) in [5.41, 5.74) is 1.86. The predicted molar refractivity (Wildman–Crippen MR) is 73.3 cm³/mol. The topological polar surface area (TPSA) is 49.0 Å². The Balaban J connectivity index is 2.04. The van der Waals surface area contributed by atoms with Crippen LogP contribution in [0.1, 0.15) is 24.8 Å². The zero-order valence-electron chi connectivity index (χ0n) is 10.3. The molecule has 2 rings (SSSR count). The van der Waals surface area contributed by atoms with E-state index in [0.717, 1.165) is 48.6 Å². The van der Waals surface area contributed by atoms with E-state index in [9.17, 15) is 0 Å². The highest BCUT2D eigenvalue weighted by Crippen LogP contribution is 2.20. The van der Waals surface area contributed by atoms with Gasteiger partial charge in [-0.3, -0.25) is 0 Å². The quantitative estimate of drug-likeness (QED) is 0.622. The van der Waals surface area contributed by atoms with Gasteiger partial charge in [-0.1, -0.05) is 25.2 Å². The van der Waals surface area contributed by atoms with Crippen LogP contribution in [-0.4, -0.2) is 17.1 Å². The van der Waals surface area contributed by atoms with Crippen molar-refractivity contribution in [1.29, 1.82) is 5.26 Å². The summed E-state index contributed by atoms with van der Waals surface area (Å²) in [7, 11) is 1.23. The Hall–Kier alpha value is -1.73. The summed E-state index contributed by atoms with van der Waals surface area (Å²) >= 11 is 0. The van der Waals surface area contributed by atoms with Crippen molar-refractivity contribution in [2.75, 3.05) is 0 Å². The molecule has 4 heteroatoms. The van der Waals surface area contributed by atoms with E-state index < -0.39 is 0 Å². The fourth-order valence-corrected chi connectivity index (χ4v) is 2.21. The van der Waals surface area contributed by atoms with Crippen LogP contribution in [0.15, 0.2) is 30.5 Å². The van der Waals surface area contributed by atoms with E-state index in [1.165, 1.54) is 7.48 Å². The van der Waals surface area contributed by atoms with Gasteiger partial charge >= 0.3 is 0 Å². The first-order valence-electron chi connectivity index (χ1n) is 6.30. The molecular weight excluding hydrogens is 223 g/mol. The summed E-state index contributed by atoms with van der Waals surface area (Å²) in [5, 5.41) is 18.7. The van der Waals surface area contributed by atoms with Crippen LogP contribution < -0.4 is 0 Å². The number of nitrogens with zero attached hydrogens (tertiary/aromatic N) is 2. The molecular formula is C14H16BN2O. The van der Waals surface area contributed by atoms with Crippen LogP contribution in [0.25, 0.3) is 10.9 Å². The van der Waals surface area contributed by atoms with E-state index in [2.05, 4.69) is 16.7 Å². The van der Waals surface area contributed by atoms with Crippen LogP contribution in [0.2, 0.25) is 6.32 Å². The zero-order chi connectivity index (χ0) is 12.8. The normalized spacial score (nSPS) is 10.4. The minimum atomic E-state index is 0.737. The maximum absolute atomic E-state index is 9.03. The number of aromatic nitrogens is 1. The van der Waals surface area contributed by atoms with E-state index in [1.54, 1.807) is 0 Å². The third kappa shape index (κ3) is 2.74. The average Bonchev–Trinajstić information content (AvgIpc) is 2.82. The largest absolute Gasteiger partial charge is 0.454 e. The van der Waals surface area contributed by atoms with Gasteiger partial charge in [0.25, 0.3) is 7.48 Å². The van der Waals surface area contributed by atoms with Crippen LogP contribution in [0, 0.1) is 11.3 Å². The fourth-order valence-electron chi connectivity index (χ4n) is 2.21. The van der Waals surface area contributed by atoms with Gasteiger partial charge in [0.1, 0.15) is 0 Å². The molecule has 18 heavy (non-hydrogen) atoms. The van der Waals surface area contributed by atoms with Gasteiger partial charge < -0.3 is 9.59 Å². The standard InChI is InChI=1S/C14H16BN2O/c16-11-12-5-4-6-14-13(12)7-10-17(14)9-3-1-2-8-15-18/h4-7,10,18H,1-3,8-9H2. The van der Waals surface area contributed by atoms with Gasteiger partial charge in [0.15, 0.2) is 0 Å². The third-order valence-corrected chi connectivity index (χ3v) is 3.17. The Morgan fingerprint density at radius 2 is 2.11 bits per heavy atom. The van der Waals surface area contributed by atoms with Crippen molar-refractivity contribution in [2.24, 2.45) is 0 Å². The molecule has 0 atom stereocenters. The van der Waals surface area contributed by atoms with Crippen molar-refractivity contribution in [2.45, 2.75) is 32.1 Å². The first-order chi connectivity index (χ1) is 8.86. The van der Waals surface area contributed by atoms with Gasteiger partial charge in [-0.25, -0.2) is 0 Å². The molecule has 0 bridgehead atoms. The van der Waals surface area contributed by atoms with Gasteiger partial charge in [-0.15, -0.1) is 0 Å². The number of hydrogen-bond donors (Lipinski definition) is 1. The number of unbranched alkanes of at least 4 members (excludes halogenated alkanes) is 2. The van der Waals surface area contributed by atoms with E-state index in [4.69, 9.17) is 10.3 Å². The molecule has 0 saturated heterocycles. The number of benzene rings is 1. The lowest BCUT2D eigenvalue weighted by Crippen LogP contribution is -1.96. The van der Waals surface area contributed by atoms with E-state index in [1.807, 2.05) is 24.4 Å². The van der Waals surface area contributed by atoms with E-state index in [0.29, 0.717) is 0 Å². The molecule has 0 spiro atoms. The lowest BCUT2D eigenvalue weighted by molar-refractivity contribution is 0.578. The molecule has 0 aliphatic rings. The zero-order valence-corrected chi connectivity index (χ0v) is 10.3. The predicted octanol–water partition coefficient (Wildman–Crippen LogP) is 2.71. The minimum absolute atomic E-state index is 0.737. The summed E-state index contributed by atoms with van der Waals surface area (Å²) in [6.07, 6.45) is 6.04. The van der Waals surface area contributed by atoms with Crippen molar-refractivity contribution in [3.05, 3.63) is 36.0 Å². The van der Waals surface area contributed by atoms with Crippen molar-refractivity contribution in [3.63, 3.8) is 0 Å². The van der Waals surface area contributed by atoms with Crippen molar-refractivity contribution >= 4 is 18.4 Å². The highest BCUT2D eigenvalue weighted by atomic mass is 16.2. The second-order valence-electron chi connectivity index (χ2n) is 4.39. The Kier molecular flexibility index (Phi) is 4.43. The SMILES string of the molecule is N#Cc1cccc2c1ccn2CCCCC[B]O. The highest BCUT2D eigenvalue weighted by molar-refractivity contribution is 6.25. The van der Waals surface area contributed by atoms with E-state index in [-0.39, 0.29) is 0 Å². The summed E-state index contributed by atoms with van der Waals surface area (Å²) in [4.78, 5) is 0. The third-order valence-electron chi connectivity index (χ3n) is 3.17. The number of hydrogen-bond acceptors (Lipinski definition) is 2. The van der Waals surface area contributed by atoms with Gasteiger partial charge in [-0.05, 0) is 24.6 Å². The molecule has 0 aliphatic heterocycles. The molecule has 1 radical (unpaired) electrons. The maximum atomic E-state index is 9.03. The molecule has 3 nitrogen and oxygen atoms in total. The Morgan fingerprint density at radius 3 is 2.89 bits per heavy atom. The molecule has 0 unspecified atom stereocenters. The first kappa shape index (κ1) is 12.7. The summed E-state index contributed by atoms with van der Waals surface area (Å²) < 4.78 is 2.19. The smallest absolute Gasteiger partial charge is 0.287 e. The maximum Gasteiger partial charge on any atom is 0.287 e. The second kappa shape index (κ2) is 6.27. The lowest BCUT2D eigenvalue weighted by Gasteiger charge is -2.05. The van der Waals surface area contributed by atoms with Crippen LogP contribution in [0.4, 0.5) is 0 Å². The van der Waals surface area contributed by atoms with Crippen LogP contribution in [-0.2, 0) is 6.54 Å². The molecule has 0 aliphatic carbocycles. The molecule has 0 amide bonds. The summed E-state index contributed by atoms with van der Waals surface area (Å²) in [6.45, 7) is 0.962. The van der Waals surface area contributed by atoms with Gasteiger partial charge in [0.2, 0.25) is 0 Å². The monoisotopic (exact) mass is 239 g/mol. The number of fused-ring (bicyclic) bond motifs is 1. The molecule has 0 fully saturated rings. The molecule has 1 aromatic heterocycles. The second-order valence-corrected chi connectivity index (χ2v) is 4.39. The molecule has 0 saturated carbocycles. The molecule has 1 aromatic carbocycles. The van der Waals surface area contributed by atoms with Crippen molar-refractivity contribution in [3.8, 4) is 6.07 Å². The van der Waals surface area contributed by atoms with Crippen LogP contribution in [0.3, 0.4) is 0 Å². The lowest BCUT2D eigenvalue weighted by atomic mass is 9.92. The number of rotatable bonds is 6. The minimum Gasteiger partial charge on any atom is -0.454 e. The fraction of sp³-hybridized carbons (Fsp3) is 0.357. The first-order valence-corrected chi connectivity index (χ1v) is 6.30. The van der Waals surface area contributed by atoms with Crippen LogP contribution >= 0.6 is 0 Å². The van der Waals surface area contributed by atoms with Gasteiger partial charge in [0.05, 0.1) is 11.6 Å². The number of nitriles is 1. The Bertz CT molecular complexity index is 556. The Labute approximate surface area is 108 Å². The average molecular weight is 239 g/mol. The molecule has 1 heterocycles. The summed E-state index contributed by atoms with van der Waals surface area (Å²) in [5.74, 6) is 0. The van der Waals surface area contributed by atoms with Gasteiger partial charge in [-0.2, -0.15) is 5.26 Å². The molecule has 91 valence electrons. The van der Waals surface area contributed by atoms with Gasteiger partial charge in [0, 0.05) is 23.6 Å². The Morgan fingerprint density at radius 1 is 1.22 bits per heavy atom.